The van der Waals surface area contributed by atoms with Crippen molar-refractivity contribution in [3.63, 3.8) is 0 Å². The zero-order valence-electron chi connectivity index (χ0n) is 37.5. The van der Waals surface area contributed by atoms with Gasteiger partial charge >= 0.3 is 0 Å². The van der Waals surface area contributed by atoms with E-state index >= 15 is 0 Å². The van der Waals surface area contributed by atoms with Gasteiger partial charge in [-0.25, -0.2) is 0 Å². The normalized spacial score (nSPS) is 14.2. The summed E-state index contributed by atoms with van der Waals surface area (Å²) < 4.78 is 4.97. The standard InChI is InChI=1S/C62H46N6/c63-41-43-19-27-49(28-20-43)65(53-35-37-61-57(39-53)55-15-7-9-17-59(55)67(61)47-11-3-1-4-12-47)51-31-23-45(24-32-51)46-25-33-52(34-26-46)66(50-29-21-44(42-64)22-30-50)54-36-38-62-58(40-54)56-16-8-10-18-60(56)68(62)48-13-5-2-6-14-48/h1-5,7-9,11-12,15-17,19-40,48H,6,10,13-14,18H2. The molecule has 12 rings (SSSR count). The number of nitriles is 2. The lowest BCUT2D eigenvalue weighted by Crippen LogP contribution is -2.14. The van der Waals surface area contributed by atoms with Gasteiger partial charge in [-0.3, -0.25) is 0 Å². The fraction of sp³-hybridized carbons (Fsp3) is 0.0968. The number of nitrogens with zero attached hydrogens (tertiary/aromatic N) is 6. The summed E-state index contributed by atoms with van der Waals surface area (Å²) in [5.41, 5.74) is 17.1. The maximum Gasteiger partial charge on any atom is 0.0991 e. The van der Waals surface area contributed by atoms with E-state index in [0.29, 0.717) is 17.2 Å². The van der Waals surface area contributed by atoms with E-state index in [2.05, 4.69) is 195 Å². The summed E-state index contributed by atoms with van der Waals surface area (Å²) in [6, 6.07) is 71.1. The van der Waals surface area contributed by atoms with E-state index in [0.717, 1.165) is 87.7 Å². The van der Waals surface area contributed by atoms with Crippen LogP contribution in [-0.4, -0.2) is 9.13 Å². The third kappa shape index (κ3) is 7.12. The van der Waals surface area contributed by atoms with Gasteiger partial charge in [0.15, 0.2) is 0 Å². The van der Waals surface area contributed by atoms with E-state index in [-0.39, 0.29) is 0 Å². The largest absolute Gasteiger partial charge is 0.341 e. The second-order valence-electron chi connectivity index (χ2n) is 17.8. The number of allylic oxidation sites excluding steroid dienone is 3. The number of anilines is 6. The van der Waals surface area contributed by atoms with Crippen LogP contribution in [0.3, 0.4) is 0 Å². The first-order chi connectivity index (χ1) is 33.6. The van der Waals surface area contributed by atoms with Gasteiger partial charge in [0, 0.05) is 78.8 Å². The molecule has 2 aliphatic rings. The summed E-state index contributed by atoms with van der Waals surface area (Å²) in [5.74, 6) is 0. The van der Waals surface area contributed by atoms with Crippen molar-refractivity contribution >= 4 is 72.9 Å². The van der Waals surface area contributed by atoms with E-state index < -0.39 is 0 Å². The summed E-state index contributed by atoms with van der Waals surface area (Å²) in [7, 11) is 0. The molecule has 2 aliphatic carbocycles. The summed E-state index contributed by atoms with van der Waals surface area (Å²) in [5, 5.41) is 23.0. The zero-order valence-corrected chi connectivity index (χ0v) is 37.5. The third-order valence-corrected chi connectivity index (χ3v) is 13.9. The zero-order chi connectivity index (χ0) is 45.6. The van der Waals surface area contributed by atoms with Gasteiger partial charge in [-0.05, 0) is 171 Å². The Morgan fingerprint density at radius 3 is 1.57 bits per heavy atom. The molecule has 68 heavy (non-hydrogen) atoms. The molecule has 0 spiro atoms. The monoisotopic (exact) mass is 874 g/mol. The van der Waals surface area contributed by atoms with Crippen molar-refractivity contribution < 1.29 is 0 Å². The van der Waals surface area contributed by atoms with E-state index in [4.69, 9.17) is 0 Å². The van der Waals surface area contributed by atoms with Gasteiger partial charge < -0.3 is 18.9 Å². The average Bonchev–Trinajstić information content (AvgIpc) is 3.92. The quantitative estimate of drug-likeness (QED) is 0.136. The van der Waals surface area contributed by atoms with Crippen LogP contribution in [0.1, 0.15) is 54.1 Å². The van der Waals surface area contributed by atoms with Gasteiger partial charge in [0.25, 0.3) is 0 Å². The molecule has 1 unspecified atom stereocenters. The number of aromatic nitrogens is 2. The molecule has 6 heteroatoms. The van der Waals surface area contributed by atoms with E-state index in [1.54, 1.807) is 0 Å². The van der Waals surface area contributed by atoms with Crippen LogP contribution in [0, 0.1) is 22.7 Å². The fourth-order valence-electron chi connectivity index (χ4n) is 10.6. The Morgan fingerprint density at radius 1 is 0.456 bits per heavy atom. The van der Waals surface area contributed by atoms with Crippen molar-refractivity contribution in [3.05, 3.63) is 229 Å². The summed E-state index contributed by atoms with van der Waals surface area (Å²) in [6.07, 6.45) is 14.8. The predicted molar refractivity (Wildman–Crippen MR) is 280 cm³/mol. The average molecular weight is 875 g/mol. The number of hydrogen-bond donors (Lipinski definition) is 0. The Kier molecular flexibility index (Phi) is 10.3. The highest BCUT2D eigenvalue weighted by atomic mass is 15.1. The summed E-state index contributed by atoms with van der Waals surface area (Å²) in [6.45, 7) is 0. The van der Waals surface area contributed by atoms with Crippen LogP contribution >= 0.6 is 0 Å². The highest BCUT2D eigenvalue weighted by Crippen LogP contribution is 2.44. The first-order valence-electron chi connectivity index (χ1n) is 23.5. The highest BCUT2D eigenvalue weighted by molar-refractivity contribution is 6.10. The van der Waals surface area contributed by atoms with Gasteiger partial charge in [-0.2, -0.15) is 10.5 Å². The Labute approximate surface area is 396 Å². The fourth-order valence-corrected chi connectivity index (χ4v) is 10.6. The van der Waals surface area contributed by atoms with Crippen molar-refractivity contribution in [1.82, 2.24) is 9.13 Å². The van der Waals surface area contributed by atoms with Gasteiger partial charge in [-0.15, -0.1) is 0 Å². The molecule has 2 aromatic heterocycles. The van der Waals surface area contributed by atoms with Crippen molar-refractivity contribution in [2.24, 2.45) is 0 Å². The second kappa shape index (κ2) is 17.2. The van der Waals surface area contributed by atoms with Gasteiger partial charge in [-0.1, -0.05) is 85.0 Å². The first kappa shape index (κ1) is 40.7. The molecule has 1 atom stereocenters. The molecule has 6 nitrogen and oxygen atoms in total. The van der Waals surface area contributed by atoms with Crippen molar-refractivity contribution in [1.29, 1.82) is 10.5 Å². The highest BCUT2D eigenvalue weighted by Gasteiger charge is 2.25. The van der Waals surface area contributed by atoms with Crippen LogP contribution in [0.25, 0.3) is 55.6 Å². The molecule has 0 fully saturated rings. The topological polar surface area (TPSA) is 63.9 Å². The molecule has 0 N–H and O–H groups in total. The molecule has 0 saturated heterocycles. The van der Waals surface area contributed by atoms with Crippen LogP contribution < -0.4 is 9.80 Å². The smallest absolute Gasteiger partial charge is 0.0991 e. The molecular weight excluding hydrogens is 829 g/mol. The molecule has 10 aromatic rings. The van der Waals surface area contributed by atoms with Gasteiger partial charge in [0.2, 0.25) is 0 Å². The summed E-state index contributed by atoms with van der Waals surface area (Å²) >= 11 is 0. The second-order valence-corrected chi connectivity index (χ2v) is 17.8. The summed E-state index contributed by atoms with van der Waals surface area (Å²) in [4.78, 5) is 4.57. The SMILES string of the molecule is N#Cc1ccc(N(c2ccc(-c3ccc(N(c4ccc(C#N)cc4)c4ccc5c(c4)c4ccccc4n5-c4ccccc4)cc3)cc2)c2ccc3c(c2)c2c(n3C3CC=CCC3)CCC=C2)cc1. The van der Waals surface area contributed by atoms with Crippen LogP contribution in [0.5, 0.6) is 0 Å². The molecule has 0 aliphatic heterocycles. The van der Waals surface area contributed by atoms with Gasteiger partial charge in [0.05, 0.1) is 34.3 Å². The minimum atomic E-state index is 0.475. The van der Waals surface area contributed by atoms with E-state index in [1.807, 2.05) is 48.5 Å². The number of rotatable bonds is 9. The molecular formula is C62H46N6. The lowest BCUT2D eigenvalue weighted by atomic mass is 9.99. The molecule has 0 saturated carbocycles. The van der Waals surface area contributed by atoms with Crippen molar-refractivity contribution in [2.75, 3.05) is 9.80 Å². The minimum Gasteiger partial charge on any atom is -0.341 e. The molecule has 0 amide bonds. The Morgan fingerprint density at radius 2 is 0.985 bits per heavy atom. The number of para-hydroxylation sites is 2. The van der Waals surface area contributed by atoms with Crippen LogP contribution in [0.4, 0.5) is 34.1 Å². The van der Waals surface area contributed by atoms with Crippen molar-refractivity contribution in [3.8, 4) is 29.0 Å². The maximum atomic E-state index is 9.68. The van der Waals surface area contributed by atoms with E-state index in [9.17, 15) is 10.5 Å². The van der Waals surface area contributed by atoms with Crippen LogP contribution in [0.15, 0.2) is 206 Å². The third-order valence-electron chi connectivity index (χ3n) is 13.9. The number of hydrogen-bond acceptors (Lipinski definition) is 4. The molecule has 324 valence electrons. The Bertz CT molecular complexity index is 3650. The molecule has 0 bridgehead atoms. The van der Waals surface area contributed by atoms with E-state index in [1.165, 1.54) is 39.4 Å². The van der Waals surface area contributed by atoms with Crippen LogP contribution in [-0.2, 0) is 6.42 Å². The lowest BCUT2D eigenvalue weighted by molar-refractivity contribution is 0.460. The van der Waals surface area contributed by atoms with Crippen molar-refractivity contribution in [2.45, 2.75) is 38.1 Å². The molecule has 0 radical (unpaired) electrons. The van der Waals surface area contributed by atoms with Crippen LogP contribution in [0.2, 0.25) is 0 Å². The van der Waals surface area contributed by atoms with Gasteiger partial charge in [0.1, 0.15) is 0 Å². The number of fused-ring (bicyclic) bond motifs is 6. The molecule has 2 heterocycles. The molecule has 8 aromatic carbocycles. The number of benzene rings is 8. The predicted octanol–water partition coefficient (Wildman–Crippen LogP) is 16.3. The lowest BCUT2D eigenvalue weighted by Gasteiger charge is -2.27. The maximum absolute atomic E-state index is 9.68. The Hall–Kier alpha value is -8.84. The minimum absolute atomic E-state index is 0.475. The Balaban J connectivity index is 0.907. The first-order valence-corrected chi connectivity index (χ1v) is 23.5.